The molecule has 3 aromatic rings. The molecule has 0 spiro atoms. The van der Waals surface area contributed by atoms with Crippen molar-refractivity contribution >= 4 is 23.2 Å². The van der Waals surface area contributed by atoms with Crippen LogP contribution in [0, 0.1) is 0 Å². The number of aromatic nitrogens is 1. The van der Waals surface area contributed by atoms with Crippen LogP contribution in [0.1, 0.15) is 28.4 Å². The molecule has 2 aromatic carbocycles. The Kier molecular flexibility index (Phi) is 6.18. The Balaban J connectivity index is 1.57. The van der Waals surface area contributed by atoms with Crippen molar-refractivity contribution in [3.63, 3.8) is 0 Å². The summed E-state index contributed by atoms with van der Waals surface area (Å²) in [5.41, 5.74) is 5.61. The summed E-state index contributed by atoms with van der Waals surface area (Å²) in [4.78, 5) is 15.9. The lowest BCUT2D eigenvalue weighted by molar-refractivity contribution is 0.0954. The number of hydrogen-bond acceptors (Lipinski definition) is 4. The topological polar surface area (TPSA) is 63.6 Å². The van der Waals surface area contributed by atoms with Crippen LogP contribution in [0.3, 0.4) is 0 Å². The second-order valence-corrected chi connectivity index (χ2v) is 6.26. The van der Waals surface area contributed by atoms with E-state index in [4.69, 9.17) is 16.3 Å². The van der Waals surface area contributed by atoms with E-state index in [1.165, 1.54) is 6.20 Å². The molecule has 0 radical (unpaired) electrons. The Labute approximate surface area is 162 Å². The lowest BCUT2D eigenvalue weighted by Gasteiger charge is -2.08. The summed E-state index contributed by atoms with van der Waals surface area (Å²) in [6.45, 7) is 2.29. The van der Waals surface area contributed by atoms with Gasteiger partial charge in [0.1, 0.15) is 12.4 Å². The number of nitrogens with zero attached hydrogens (tertiary/aromatic N) is 2. The summed E-state index contributed by atoms with van der Waals surface area (Å²) in [5.74, 6) is 0.450. The first-order valence-electron chi connectivity index (χ1n) is 8.34. The predicted molar refractivity (Wildman–Crippen MR) is 106 cm³/mol. The van der Waals surface area contributed by atoms with Crippen molar-refractivity contribution in [1.29, 1.82) is 0 Å². The quantitative estimate of drug-likeness (QED) is 0.507. The standard InChI is InChI=1S/C21H18ClN3O2/c1-15(24-25-21(26)18-3-2-12-23-13-18)17-6-10-20(11-7-17)27-14-16-4-8-19(22)9-5-16/h2-13H,14H2,1H3,(H,25,26)/b24-15-. The second kappa shape index (κ2) is 8.96. The van der Waals surface area contributed by atoms with Gasteiger partial charge in [0.05, 0.1) is 11.3 Å². The molecule has 0 bridgehead atoms. The number of benzene rings is 2. The zero-order valence-electron chi connectivity index (χ0n) is 14.7. The molecular weight excluding hydrogens is 362 g/mol. The first-order chi connectivity index (χ1) is 13.1. The highest BCUT2D eigenvalue weighted by Crippen LogP contribution is 2.16. The summed E-state index contributed by atoms with van der Waals surface area (Å²) in [5, 5.41) is 4.84. The SMILES string of the molecule is C/C(=N/NC(=O)c1cccnc1)c1ccc(OCc2ccc(Cl)cc2)cc1. The Morgan fingerprint density at radius 1 is 1.07 bits per heavy atom. The summed E-state index contributed by atoms with van der Waals surface area (Å²) in [7, 11) is 0. The van der Waals surface area contributed by atoms with Crippen LogP contribution in [0.5, 0.6) is 5.75 Å². The van der Waals surface area contributed by atoms with Crippen LogP contribution in [-0.4, -0.2) is 16.6 Å². The number of hydrogen-bond donors (Lipinski definition) is 1. The van der Waals surface area contributed by atoms with Crippen LogP contribution < -0.4 is 10.2 Å². The van der Waals surface area contributed by atoms with Crippen molar-refractivity contribution in [2.24, 2.45) is 5.10 Å². The molecule has 0 aliphatic heterocycles. The molecule has 0 fully saturated rings. The number of rotatable bonds is 6. The number of ether oxygens (including phenoxy) is 1. The number of carbonyl (C=O) groups excluding carboxylic acids is 1. The van der Waals surface area contributed by atoms with Gasteiger partial charge in [0.25, 0.3) is 5.91 Å². The first-order valence-corrected chi connectivity index (χ1v) is 8.72. The van der Waals surface area contributed by atoms with Gasteiger partial charge in [-0.2, -0.15) is 5.10 Å². The Hall–Kier alpha value is -3.18. The maximum Gasteiger partial charge on any atom is 0.272 e. The second-order valence-electron chi connectivity index (χ2n) is 5.82. The third-order valence-electron chi connectivity index (χ3n) is 3.84. The maximum absolute atomic E-state index is 12.0. The minimum atomic E-state index is -0.301. The molecule has 6 heteroatoms. The van der Waals surface area contributed by atoms with E-state index in [1.807, 2.05) is 55.5 Å². The van der Waals surface area contributed by atoms with Crippen LogP contribution >= 0.6 is 11.6 Å². The Morgan fingerprint density at radius 2 is 1.81 bits per heavy atom. The van der Waals surface area contributed by atoms with Gasteiger partial charge in [0, 0.05) is 17.4 Å². The molecule has 136 valence electrons. The smallest absolute Gasteiger partial charge is 0.272 e. The van der Waals surface area contributed by atoms with E-state index in [0.717, 1.165) is 16.9 Å². The molecule has 0 atom stereocenters. The minimum absolute atomic E-state index is 0.301. The monoisotopic (exact) mass is 379 g/mol. The van der Waals surface area contributed by atoms with Gasteiger partial charge in [-0.05, 0) is 66.6 Å². The fourth-order valence-electron chi connectivity index (χ4n) is 2.30. The van der Waals surface area contributed by atoms with Gasteiger partial charge in [-0.15, -0.1) is 0 Å². The molecule has 0 aliphatic rings. The molecule has 0 unspecified atom stereocenters. The Morgan fingerprint density at radius 3 is 2.48 bits per heavy atom. The minimum Gasteiger partial charge on any atom is -0.489 e. The highest BCUT2D eigenvalue weighted by atomic mass is 35.5. The summed E-state index contributed by atoms with van der Waals surface area (Å²) in [6, 6.07) is 18.4. The van der Waals surface area contributed by atoms with Crippen molar-refractivity contribution in [1.82, 2.24) is 10.4 Å². The molecule has 0 aliphatic carbocycles. The number of nitrogens with one attached hydrogen (secondary N) is 1. The average molecular weight is 380 g/mol. The molecular formula is C21H18ClN3O2. The van der Waals surface area contributed by atoms with Gasteiger partial charge in [-0.25, -0.2) is 5.43 Å². The fourth-order valence-corrected chi connectivity index (χ4v) is 2.43. The molecule has 0 saturated heterocycles. The van der Waals surface area contributed by atoms with Gasteiger partial charge in [0.2, 0.25) is 0 Å². The molecule has 1 aromatic heterocycles. The molecule has 27 heavy (non-hydrogen) atoms. The summed E-state index contributed by atoms with van der Waals surface area (Å²) >= 11 is 5.87. The largest absolute Gasteiger partial charge is 0.489 e. The van der Waals surface area contributed by atoms with Gasteiger partial charge < -0.3 is 4.74 Å². The average Bonchev–Trinajstić information content (AvgIpc) is 2.72. The number of halogens is 1. The van der Waals surface area contributed by atoms with E-state index in [2.05, 4.69) is 15.5 Å². The van der Waals surface area contributed by atoms with E-state index < -0.39 is 0 Å². The Bertz CT molecular complexity index is 924. The molecule has 3 rings (SSSR count). The highest BCUT2D eigenvalue weighted by molar-refractivity contribution is 6.30. The number of carbonyl (C=O) groups is 1. The van der Waals surface area contributed by atoms with Crippen molar-refractivity contribution in [3.05, 3.63) is 94.8 Å². The van der Waals surface area contributed by atoms with Crippen LogP contribution in [0.25, 0.3) is 0 Å². The van der Waals surface area contributed by atoms with Crippen molar-refractivity contribution in [3.8, 4) is 5.75 Å². The van der Waals surface area contributed by atoms with Crippen LogP contribution in [0.15, 0.2) is 78.2 Å². The van der Waals surface area contributed by atoms with E-state index in [-0.39, 0.29) is 5.91 Å². The third kappa shape index (κ3) is 5.39. The van der Waals surface area contributed by atoms with E-state index in [1.54, 1.807) is 18.3 Å². The molecule has 1 N–H and O–H groups in total. The predicted octanol–water partition coefficient (Wildman–Crippen LogP) is 4.47. The molecule has 5 nitrogen and oxygen atoms in total. The first kappa shape index (κ1) is 18.6. The lowest BCUT2D eigenvalue weighted by atomic mass is 10.1. The van der Waals surface area contributed by atoms with E-state index in [0.29, 0.717) is 22.9 Å². The van der Waals surface area contributed by atoms with Crippen molar-refractivity contribution in [2.45, 2.75) is 13.5 Å². The van der Waals surface area contributed by atoms with Gasteiger partial charge in [-0.3, -0.25) is 9.78 Å². The number of hydrazone groups is 1. The maximum atomic E-state index is 12.0. The van der Waals surface area contributed by atoms with Crippen molar-refractivity contribution < 1.29 is 9.53 Å². The lowest BCUT2D eigenvalue weighted by Crippen LogP contribution is -2.19. The van der Waals surface area contributed by atoms with Gasteiger partial charge in [0.15, 0.2) is 0 Å². The van der Waals surface area contributed by atoms with Crippen molar-refractivity contribution in [2.75, 3.05) is 0 Å². The summed E-state index contributed by atoms with van der Waals surface area (Å²) < 4.78 is 5.76. The van der Waals surface area contributed by atoms with Crippen LogP contribution in [0.2, 0.25) is 5.02 Å². The number of pyridine rings is 1. The number of amides is 1. The molecule has 1 heterocycles. The fraction of sp³-hybridized carbons (Fsp3) is 0.0952. The molecule has 1 amide bonds. The van der Waals surface area contributed by atoms with Crippen LogP contribution in [-0.2, 0) is 6.61 Å². The van der Waals surface area contributed by atoms with Gasteiger partial charge in [-0.1, -0.05) is 23.7 Å². The summed E-state index contributed by atoms with van der Waals surface area (Å²) in [6.07, 6.45) is 3.11. The zero-order chi connectivity index (χ0) is 19.1. The third-order valence-corrected chi connectivity index (χ3v) is 4.09. The van der Waals surface area contributed by atoms with E-state index in [9.17, 15) is 4.79 Å². The van der Waals surface area contributed by atoms with Crippen LogP contribution in [0.4, 0.5) is 0 Å². The van der Waals surface area contributed by atoms with Gasteiger partial charge >= 0.3 is 0 Å². The molecule has 0 saturated carbocycles. The van der Waals surface area contributed by atoms with E-state index >= 15 is 0 Å². The normalized spacial score (nSPS) is 11.1. The highest BCUT2D eigenvalue weighted by Gasteiger charge is 2.05. The zero-order valence-corrected chi connectivity index (χ0v) is 15.5.